The molecule has 1 aliphatic carbocycles. The molecule has 1 fully saturated rings. The van der Waals surface area contributed by atoms with E-state index in [4.69, 9.17) is 16.3 Å². The number of nitrogens with zero attached hydrogens (tertiary/aromatic N) is 3. The largest absolute Gasteiger partial charge is 0.481 e. The average Bonchev–Trinajstić information content (AvgIpc) is 2.26. The van der Waals surface area contributed by atoms with Gasteiger partial charge in [-0.1, -0.05) is 0 Å². The third-order valence-electron chi connectivity index (χ3n) is 2.92. The lowest BCUT2D eigenvalue weighted by Crippen LogP contribution is -2.42. The summed E-state index contributed by atoms with van der Waals surface area (Å²) in [6, 6.07) is 2.30. The van der Waals surface area contributed by atoms with Gasteiger partial charge in [0.2, 0.25) is 11.8 Å². The number of halogens is 1. The average molecular weight is 242 g/mol. The highest BCUT2D eigenvalue weighted by atomic mass is 35.5. The summed E-state index contributed by atoms with van der Waals surface area (Å²) in [5.74, 6) is 1.92. The van der Waals surface area contributed by atoms with Gasteiger partial charge in [-0.05, 0) is 19.3 Å². The number of alkyl halides is 1. The van der Waals surface area contributed by atoms with Gasteiger partial charge in [0.1, 0.15) is 0 Å². The second-order valence-electron chi connectivity index (χ2n) is 3.87. The van der Waals surface area contributed by atoms with Gasteiger partial charge in [-0.15, -0.1) is 11.6 Å². The Morgan fingerprint density at radius 2 is 2.38 bits per heavy atom. The van der Waals surface area contributed by atoms with Crippen LogP contribution in [-0.4, -0.2) is 35.5 Å². The van der Waals surface area contributed by atoms with E-state index in [-0.39, 0.29) is 0 Å². The van der Waals surface area contributed by atoms with Gasteiger partial charge in [0.25, 0.3) is 0 Å². The van der Waals surface area contributed by atoms with E-state index in [1.165, 1.54) is 19.3 Å². The Balaban J connectivity index is 2.16. The molecule has 0 spiro atoms. The summed E-state index contributed by atoms with van der Waals surface area (Å²) in [5.41, 5.74) is 0. The molecular weight excluding hydrogens is 226 g/mol. The lowest BCUT2D eigenvalue weighted by Gasteiger charge is -2.37. The second-order valence-corrected chi connectivity index (χ2v) is 4.24. The third-order valence-corrected chi connectivity index (χ3v) is 3.09. The number of anilines is 1. The predicted molar refractivity (Wildman–Crippen MR) is 64.3 cm³/mol. The fraction of sp³-hybridized carbons (Fsp3) is 0.636. The molecule has 0 N–H and O–H groups in total. The number of rotatable bonds is 5. The Bertz CT molecular complexity index is 344. The lowest BCUT2D eigenvalue weighted by molar-refractivity contribution is 0.377. The highest BCUT2D eigenvalue weighted by molar-refractivity contribution is 6.18. The summed E-state index contributed by atoms with van der Waals surface area (Å²) < 4.78 is 5.10. The molecule has 1 aromatic rings. The normalized spacial score (nSPS) is 15.6. The van der Waals surface area contributed by atoms with Crippen LogP contribution in [0.1, 0.15) is 19.3 Å². The Morgan fingerprint density at radius 3 is 2.94 bits per heavy atom. The fourth-order valence-electron chi connectivity index (χ4n) is 1.82. The molecule has 88 valence electrons. The van der Waals surface area contributed by atoms with E-state index in [1.54, 1.807) is 19.4 Å². The van der Waals surface area contributed by atoms with Crippen molar-refractivity contribution in [1.82, 2.24) is 9.97 Å². The number of hydrogen-bond donors (Lipinski definition) is 0. The molecule has 0 aliphatic heterocycles. The number of ether oxygens (including phenoxy) is 1. The van der Waals surface area contributed by atoms with Gasteiger partial charge in [0.05, 0.1) is 7.11 Å². The van der Waals surface area contributed by atoms with Crippen molar-refractivity contribution in [2.24, 2.45) is 0 Å². The highest BCUT2D eigenvalue weighted by Gasteiger charge is 2.26. The Hall–Kier alpha value is -1.03. The van der Waals surface area contributed by atoms with E-state index >= 15 is 0 Å². The third kappa shape index (κ3) is 2.38. The van der Waals surface area contributed by atoms with Crippen molar-refractivity contribution in [3.8, 4) is 5.88 Å². The first-order valence-corrected chi connectivity index (χ1v) is 6.08. The SMILES string of the molecule is COc1ccnc(N(CCCl)C2CCC2)n1. The molecule has 16 heavy (non-hydrogen) atoms. The topological polar surface area (TPSA) is 38.2 Å². The summed E-state index contributed by atoms with van der Waals surface area (Å²) >= 11 is 5.82. The summed E-state index contributed by atoms with van der Waals surface area (Å²) in [7, 11) is 1.61. The first-order valence-electron chi connectivity index (χ1n) is 5.55. The van der Waals surface area contributed by atoms with Crippen LogP contribution < -0.4 is 9.64 Å². The van der Waals surface area contributed by atoms with Gasteiger partial charge in [-0.3, -0.25) is 0 Å². The summed E-state index contributed by atoms with van der Waals surface area (Å²) in [6.07, 6.45) is 5.42. The van der Waals surface area contributed by atoms with E-state index in [0.29, 0.717) is 17.8 Å². The van der Waals surface area contributed by atoms with Crippen LogP contribution >= 0.6 is 11.6 Å². The van der Waals surface area contributed by atoms with E-state index in [1.807, 2.05) is 0 Å². The molecule has 4 nitrogen and oxygen atoms in total. The van der Waals surface area contributed by atoms with Crippen molar-refractivity contribution in [2.75, 3.05) is 24.4 Å². The molecule has 0 radical (unpaired) electrons. The minimum atomic E-state index is 0.547. The van der Waals surface area contributed by atoms with E-state index in [0.717, 1.165) is 12.5 Å². The van der Waals surface area contributed by atoms with Crippen LogP contribution in [0.15, 0.2) is 12.3 Å². The molecule has 0 atom stereocenters. The van der Waals surface area contributed by atoms with Gasteiger partial charge in [0.15, 0.2) is 0 Å². The number of hydrogen-bond acceptors (Lipinski definition) is 4. The Morgan fingerprint density at radius 1 is 1.56 bits per heavy atom. The van der Waals surface area contributed by atoms with Crippen LogP contribution in [0.3, 0.4) is 0 Å². The fourth-order valence-corrected chi connectivity index (χ4v) is 2.00. The smallest absolute Gasteiger partial charge is 0.228 e. The first kappa shape index (κ1) is 11.5. The van der Waals surface area contributed by atoms with Crippen molar-refractivity contribution in [2.45, 2.75) is 25.3 Å². The summed E-state index contributed by atoms with van der Waals surface area (Å²) in [5, 5.41) is 0. The standard InChI is InChI=1S/C11H16ClN3O/c1-16-10-5-7-13-11(14-10)15(8-6-12)9-3-2-4-9/h5,7,9H,2-4,6,8H2,1H3. The van der Waals surface area contributed by atoms with Crippen LogP contribution in [0, 0.1) is 0 Å². The summed E-state index contributed by atoms with van der Waals surface area (Å²) in [6.45, 7) is 0.791. The van der Waals surface area contributed by atoms with Gasteiger partial charge in [0, 0.05) is 30.7 Å². The molecule has 2 rings (SSSR count). The van der Waals surface area contributed by atoms with Crippen molar-refractivity contribution in [3.05, 3.63) is 12.3 Å². The van der Waals surface area contributed by atoms with Gasteiger partial charge < -0.3 is 9.64 Å². The molecule has 0 unspecified atom stereocenters. The summed E-state index contributed by atoms with van der Waals surface area (Å²) in [4.78, 5) is 10.8. The van der Waals surface area contributed by atoms with Crippen LogP contribution in [0.4, 0.5) is 5.95 Å². The maximum Gasteiger partial charge on any atom is 0.228 e. The van der Waals surface area contributed by atoms with E-state index in [9.17, 15) is 0 Å². The highest BCUT2D eigenvalue weighted by Crippen LogP contribution is 2.28. The van der Waals surface area contributed by atoms with Crippen LogP contribution in [0.2, 0.25) is 0 Å². The van der Waals surface area contributed by atoms with Gasteiger partial charge in [-0.25, -0.2) is 4.98 Å². The van der Waals surface area contributed by atoms with Gasteiger partial charge >= 0.3 is 0 Å². The monoisotopic (exact) mass is 241 g/mol. The van der Waals surface area contributed by atoms with Crippen molar-refractivity contribution >= 4 is 17.5 Å². The zero-order chi connectivity index (χ0) is 11.4. The molecule has 0 saturated heterocycles. The Labute approximate surface area is 101 Å². The first-order chi connectivity index (χ1) is 7.85. The second kappa shape index (κ2) is 5.34. The van der Waals surface area contributed by atoms with E-state index < -0.39 is 0 Å². The molecule has 0 bridgehead atoms. The minimum absolute atomic E-state index is 0.547. The van der Waals surface area contributed by atoms with Crippen LogP contribution in [0.5, 0.6) is 5.88 Å². The lowest BCUT2D eigenvalue weighted by atomic mass is 9.92. The van der Waals surface area contributed by atoms with Gasteiger partial charge in [-0.2, -0.15) is 4.98 Å². The molecular formula is C11H16ClN3O. The maximum absolute atomic E-state index is 5.82. The molecule has 5 heteroatoms. The van der Waals surface area contributed by atoms with Crippen molar-refractivity contribution in [1.29, 1.82) is 0 Å². The Kier molecular flexibility index (Phi) is 3.83. The molecule has 1 saturated carbocycles. The quantitative estimate of drug-likeness (QED) is 0.740. The molecule has 1 heterocycles. The predicted octanol–water partition coefficient (Wildman–Crippen LogP) is 2.08. The molecule has 1 aliphatic rings. The van der Waals surface area contributed by atoms with Crippen LogP contribution in [-0.2, 0) is 0 Å². The molecule has 0 aromatic carbocycles. The molecule has 0 amide bonds. The zero-order valence-corrected chi connectivity index (χ0v) is 10.2. The molecule has 1 aromatic heterocycles. The van der Waals surface area contributed by atoms with Crippen LogP contribution in [0.25, 0.3) is 0 Å². The van der Waals surface area contributed by atoms with Crippen molar-refractivity contribution < 1.29 is 4.74 Å². The van der Waals surface area contributed by atoms with E-state index in [2.05, 4.69) is 14.9 Å². The maximum atomic E-state index is 5.82. The number of aromatic nitrogens is 2. The zero-order valence-electron chi connectivity index (χ0n) is 9.40. The van der Waals surface area contributed by atoms with Crippen molar-refractivity contribution in [3.63, 3.8) is 0 Å². The number of methoxy groups -OCH3 is 1. The minimum Gasteiger partial charge on any atom is -0.481 e.